The first kappa shape index (κ1) is 13.5. The Morgan fingerprint density at radius 1 is 1.22 bits per heavy atom. The van der Waals surface area contributed by atoms with E-state index in [4.69, 9.17) is 0 Å². The molecule has 0 aliphatic heterocycles. The van der Waals surface area contributed by atoms with Gasteiger partial charge in [-0.15, -0.1) is 10.2 Å². The average molecular weight is 250 g/mol. The Morgan fingerprint density at radius 3 is 2.39 bits per heavy atom. The maximum absolute atomic E-state index is 4.17. The van der Waals surface area contributed by atoms with Gasteiger partial charge in [-0.05, 0) is 44.4 Å². The lowest BCUT2D eigenvalue weighted by molar-refractivity contribution is 0.229. The monoisotopic (exact) mass is 250 g/mol. The normalized spacial score (nSPS) is 26.5. The summed E-state index contributed by atoms with van der Waals surface area (Å²) < 4.78 is 2.00. The summed E-state index contributed by atoms with van der Waals surface area (Å²) in [5.74, 6) is 2.79. The lowest BCUT2D eigenvalue weighted by Crippen LogP contribution is -2.36. The smallest absolute Gasteiger partial charge is 0.149 e. The molecule has 0 saturated heterocycles. The molecule has 1 aliphatic rings. The SMILES string of the molecule is CC(NC1CCC(C(C)C)CC1)c1nncn1C. The fourth-order valence-electron chi connectivity index (χ4n) is 3.06. The Kier molecular flexibility index (Phi) is 4.38. The average Bonchev–Trinajstić information content (AvgIpc) is 2.76. The third kappa shape index (κ3) is 3.10. The van der Waals surface area contributed by atoms with Crippen molar-refractivity contribution in [1.29, 1.82) is 0 Å². The summed E-state index contributed by atoms with van der Waals surface area (Å²) in [6.07, 6.45) is 7.08. The number of aryl methyl sites for hydroxylation is 1. The molecule has 0 amide bonds. The zero-order chi connectivity index (χ0) is 13.1. The summed E-state index contributed by atoms with van der Waals surface area (Å²) in [6, 6.07) is 0.935. The minimum absolute atomic E-state index is 0.290. The van der Waals surface area contributed by atoms with Gasteiger partial charge in [0, 0.05) is 13.1 Å². The van der Waals surface area contributed by atoms with Crippen LogP contribution in [-0.2, 0) is 7.05 Å². The van der Waals surface area contributed by atoms with E-state index < -0.39 is 0 Å². The van der Waals surface area contributed by atoms with Gasteiger partial charge in [0.05, 0.1) is 6.04 Å². The predicted octanol–water partition coefficient (Wildman–Crippen LogP) is 2.68. The van der Waals surface area contributed by atoms with Crippen molar-refractivity contribution in [3.8, 4) is 0 Å². The van der Waals surface area contributed by atoms with Crippen LogP contribution < -0.4 is 5.32 Å². The Balaban J connectivity index is 1.83. The second-order valence-corrected chi connectivity index (χ2v) is 6.04. The maximum Gasteiger partial charge on any atom is 0.149 e. The van der Waals surface area contributed by atoms with Crippen molar-refractivity contribution in [1.82, 2.24) is 20.1 Å². The standard InChI is InChI=1S/C14H26N4/c1-10(2)12-5-7-13(8-6-12)16-11(3)14-17-15-9-18(14)4/h9-13,16H,5-8H2,1-4H3. The lowest BCUT2D eigenvalue weighted by Gasteiger charge is -2.32. The molecule has 2 rings (SSSR count). The number of hydrogen-bond acceptors (Lipinski definition) is 3. The van der Waals surface area contributed by atoms with E-state index >= 15 is 0 Å². The van der Waals surface area contributed by atoms with Crippen LogP contribution in [0.5, 0.6) is 0 Å². The van der Waals surface area contributed by atoms with E-state index in [1.807, 2.05) is 11.6 Å². The van der Waals surface area contributed by atoms with Crippen LogP contribution in [0, 0.1) is 11.8 Å². The molecule has 4 nitrogen and oxygen atoms in total. The molecular formula is C14H26N4. The molecule has 1 aromatic heterocycles. The van der Waals surface area contributed by atoms with Gasteiger partial charge in [-0.2, -0.15) is 0 Å². The summed E-state index contributed by atoms with van der Waals surface area (Å²) in [5.41, 5.74) is 0. The van der Waals surface area contributed by atoms with Gasteiger partial charge in [-0.25, -0.2) is 0 Å². The third-order valence-corrected chi connectivity index (χ3v) is 4.33. The van der Waals surface area contributed by atoms with E-state index in [0.717, 1.165) is 17.7 Å². The Bertz CT molecular complexity index is 364. The highest BCUT2D eigenvalue weighted by atomic mass is 15.3. The van der Waals surface area contributed by atoms with E-state index in [0.29, 0.717) is 6.04 Å². The molecule has 1 unspecified atom stereocenters. The zero-order valence-electron chi connectivity index (χ0n) is 12.1. The molecule has 1 aromatic rings. The summed E-state index contributed by atoms with van der Waals surface area (Å²) in [6.45, 7) is 6.87. The van der Waals surface area contributed by atoms with Gasteiger partial charge in [-0.3, -0.25) is 0 Å². The van der Waals surface area contributed by atoms with E-state index in [2.05, 4.69) is 36.3 Å². The second-order valence-electron chi connectivity index (χ2n) is 6.04. The lowest BCUT2D eigenvalue weighted by atomic mass is 9.79. The van der Waals surface area contributed by atoms with Gasteiger partial charge < -0.3 is 9.88 Å². The van der Waals surface area contributed by atoms with Crippen LogP contribution in [0.4, 0.5) is 0 Å². The molecule has 0 radical (unpaired) electrons. The number of aromatic nitrogens is 3. The molecule has 102 valence electrons. The molecule has 1 saturated carbocycles. The quantitative estimate of drug-likeness (QED) is 0.893. The highest BCUT2D eigenvalue weighted by Gasteiger charge is 2.25. The van der Waals surface area contributed by atoms with Crippen LogP contribution in [0.1, 0.15) is 58.3 Å². The summed E-state index contributed by atoms with van der Waals surface area (Å²) in [5, 5.41) is 11.8. The van der Waals surface area contributed by atoms with Gasteiger partial charge in [0.2, 0.25) is 0 Å². The molecule has 18 heavy (non-hydrogen) atoms. The van der Waals surface area contributed by atoms with Gasteiger partial charge in [-0.1, -0.05) is 13.8 Å². The molecule has 1 atom stereocenters. The van der Waals surface area contributed by atoms with Gasteiger partial charge >= 0.3 is 0 Å². The maximum atomic E-state index is 4.17. The van der Waals surface area contributed by atoms with Crippen LogP contribution >= 0.6 is 0 Å². The van der Waals surface area contributed by atoms with Crippen molar-refractivity contribution in [2.24, 2.45) is 18.9 Å². The Hall–Kier alpha value is -0.900. The van der Waals surface area contributed by atoms with Crippen molar-refractivity contribution < 1.29 is 0 Å². The highest BCUT2D eigenvalue weighted by molar-refractivity contribution is 4.94. The van der Waals surface area contributed by atoms with Crippen LogP contribution in [0.3, 0.4) is 0 Å². The van der Waals surface area contributed by atoms with Crippen molar-refractivity contribution in [2.75, 3.05) is 0 Å². The number of nitrogens with one attached hydrogen (secondary N) is 1. The third-order valence-electron chi connectivity index (χ3n) is 4.33. The van der Waals surface area contributed by atoms with Gasteiger partial charge in [0.15, 0.2) is 0 Å². The van der Waals surface area contributed by atoms with Crippen molar-refractivity contribution in [2.45, 2.75) is 58.5 Å². The summed E-state index contributed by atoms with van der Waals surface area (Å²) in [4.78, 5) is 0. The highest BCUT2D eigenvalue weighted by Crippen LogP contribution is 2.30. The van der Waals surface area contributed by atoms with Crippen LogP contribution in [0.15, 0.2) is 6.33 Å². The van der Waals surface area contributed by atoms with Crippen LogP contribution in [0.2, 0.25) is 0 Å². The van der Waals surface area contributed by atoms with Crippen LogP contribution in [0.25, 0.3) is 0 Å². The second kappa shape index (κ2) is 5.83. The van der Waals surface area contributed by atoms with Crippen molar-refractivity contribution in [3.05, 3.63) is 12.2 Å². The fraction of sp³-hybridized carbons (Fsp3) is 0.857. The minimum Gasteiger partial charge on any atom is -0.319 e. The molecule has 0 bridgehead atoms. The Labute approximate surface area is 110 Å². The Morgan fingerprint density at radius 2 is 1.89 bits per heavy atom. The zero-order valence-corrected chi connectivity index (χ0v) is 12.1. The predicted molar refractivity (Wildman–Crippen MR) is 73.1 cm³/mol. The largest absolute Gasteiger partial charge is 0.319 e. The van der Waals surface area contributed by atoms with E-state index in [1.54, 1.807) is 6.33 Å². The van der Waals surface area contributed by atoms with E-state index in [-0.39, 0.29) is 6.04 Å². The van der Waals surface area contributed by atoms with Crippen molar-refractivity contribution >= 4 is 0 Å². The topological polar surface area (TPSA) is 42.7 Å². The molecule has 0 aromatic carbocycles. The van der Waals surface area contributed by atoms with Crippen LogP contribution in [-0.4, -0.2) is 20.8 Å². The van der Waals surface area contributed by atoms with E-state index in [9.17, 15) is 0 Å². The molecule has 1 N–H and O–H groups in total. The first-order valence-corrected chi connectivity index (χ1v) is 7.18. The van der Waals surface area contributed by atoms with Gasteiger partial charge in [0.25, 0.3) is 0 Å². The molecule has 4 heteroatoms. The number of rotatable bonds is 4. The molecule has 0 spiro atoms. The number of nitrogens with zero attached hydrogens (tertiary/aromatic N) is 3. The minimum atomic E-state index is 0.290. The van der Waals surface area contributed by atoms with E-state index in [1.165, 1.54) is 25.7 Å². The molecular weight excluding hydrogens is 224 g/mol. The fourth-order valence-corrected chi connectivity index (χ4v) is 3.06. The molecule has 1 fully saturated rings. The first-order valence-electron chi connectivity index (χ1n) is 7.18. The molecule has 1 heterocycles. The first-order chi connectivity index (χ1) is 8.58. The molecule has 1 aliphatic carbocycles. The van der Waals surface area contributed by atoms with Gasteiger partial charge in [0.1, 0.15) is 12.2 Å². The summed E-state index contributed by atoms with van der Waals surface area (Å²) >= 11 is 0. The number of hydrogen-bond donors (Lipinski definition) is 1. The summed E-state index contributed by atoms with van der Waals surface area (Å²) in [7, 11) is 2.00. The van der Waals surface area contributed by atoms with Crippen molar-refractivity contribution in [3.63, 3.8) is 0 Å².